The molecule has 0 saturated carbocycles. The zero-order valence-electron chi connectivity index (χ0n) is 10.3. The molecule has 2 aromatic heterocycles. The Hall–Kier alpha value is -2.18. The zero-order valence-corrected chi connectivity index (χ0v) is 10.3. The van der Waals surface area contributed by atoms with Crippen LogP contribution in [0.2, 0.25) is 0 Å². The van der Waals surface area contributed by atoms with E-state index < -0.39 is 5.97 Å². The molecule has 0 atom stereocenters. The molecule has 0 saturated heterocycles. The SMILES string of the molecule is CCOC(=O)Cn1nc(CC)n2nccc2c1=O. The van der Waals surface area contributed by atoms with E-state index in [0.29, 0.717) is 17.8 Å². The van der Waals surface area contributed by atoms with E-state index in [1.807, 2.05) is 6.92 Å². The minimum atomic E-state index is -0.474. The first-order valence-corrected chi connectivity index (χ1v) is 5.76. The highest BCUT2D eigenvalue weighted by Crippen LogP contribution is 1.99. The average Bonchev–Trinajstić information content (AvgIpc) is 2.82. The molecule has 0 unspecified atom stereocenters. The number of esters is 1. The second-order valence-electron chi connectivity index (χ2n) is 3.67. The van der Waals surface area contributed by atoms with E-state index in [-0.39, 0.29) is 18.7 Å². The minimum Gasteiger partial charge on any atom is -0.465 e. The quantitative estimate of drug-likeness (QED) is 0.714. The summed E-state index contributed by atoms with van der Waals surface area (Å²) in [4.78, 5) is 23.4. The molecule has 0 aromatic carbocycles. The van der Waals surface area contributed by atoms with Gasteiger partial charge in [-0.25, -0.2) is 9.20 Å². The van der Waals surface area contributed by atoms with Crippen molar-refractivity contribution in [3.63, 3.8) is 0 Å². The molecule has 0 aliphatic heterocycles. The Morgan fingerprint density at radius 3 is 2.89 bits per heavy atom. The van der Waals surface area contributed by atoms with E-state index in [1.54, 1.807) is 13.0 Å². The van der Waals surface area contributed by atoms with Crippen LogP contribution >= 0.6 is 0 Å². The lowest BCUT2D eigenvalue weighted by Gasteiger charge is -2.07. The number of rotatable bonds is 4. The van der Waals surface area contributed by atoms with Gasteiger partial charge in [-0.1, -0.05) is 6.92 Å². The summed E-state index contributed by atoms with van der Waals surface area (Å²) in [5.41, 5.74) is 0.0592. The summed E-state index contributed by atoms with van der Waals surface area (Å²) in [6, 6.07) is 1.60. The van der Waals surface area contributed by atoms with Crippen molar-refractivity contribution in [3.8, 4) is 0 Å². The van der Waals surface area contributed by atoms with Gasteiger partial charge in [-0.3, -0.25) is 9.59 Å². The monoisotopic (exact) mass is 250 g/mol. The van der Waals surface area contributed by atoms with E-state index in [4.69, 9.17) is 4.74 Å². The first kappa shape index (κ1) is 12.3. The van der Waals surface area contributed by atoms with Crippen LogP contribution < -0.4 is 5.56 Å². The van der Waals surface area contributed by atoms with Crippen LogP contribution in [-0.2, 0) is 22.5 Å². The third kappa shape index (κ3) is 2.11. The molecular weight excluding hydrogens is 236 g/mol. The van der Waals surface area contributed by atoms with Crippen LogP contribution in [-0.4, -0.2) is 32.0 Å². The normalized spacial score (nSPS) is 10.8. The first-order valence-electron chi connectivity index (χ1n) is 5.76. The molecular formula is C11H14N4O3. The van der Waals surface area contributed by atoms with Crippen LogP contribution in [0.15, 0.2) is 17.1 Å². The Morgan fingerprint density at radius 1 is 1.44 bits per heavy atom. The average molecular weight is 250 g/mol. The molecule has 0 amide bonds. The molecule has 2 aromatic rings. The fourth-order valence-corrected chi connectivity index (χ4v) is 1.69. The molecule has 18 heavy (non-hydrogen) atoms. The van der Waals surface area contributed by atoms with Gasteiger partial charge in [0.05, 0.1) is 12.8 Å². The summed E-state index contributed by atoms with van der Waals surface area (Å²) < 4.78 is 7.42. The van der Waals surface area contributed by atoms with Crippen molar-refractivity contribution < 1.29 is 9.53 Å². The molecule has 7 heteroatoms. The second kappa shape index (κ2) is 4.99. The highest BCUT2D eigenvalue weighted by Gasteiger charge is 2.12. The fourth-order valence-electron chi connectivity index (χ4n) is 1.69. The van der Waals surface area contributed by atoms with Crippen LogP contribution in [0.4, 0.5) is 0 Å². The molecule has 0 radical (unpaired) electrons. The summed E-state index contributed by atoms with van der Waals surface area (Å²) in [5.74, 6) is 0.150. The first-order chi connectivity index (χ1) is 8.67. The minimum absolute atomic E-state index is 0.179. The van der Waals surface area contributed by atoms with Gasteiger partial charge in [-0.05, 0) is 13.0 Å². The molecule has 2 heterocycles. The van der Waals surface area contributed by atoms with Gasteiger partial charge in [0.2, 0.25) is 0 Å². The number of carbonyl (C=O) groups is 1. The smallest absolute Gasteiger partial charge is 0.327 e. The lowest BCUT2D eigenvalue weighted by molar-refractivity contribution is -0.144. The largest absolute Gasteiger partial charge is 0.465 e. The van der Waals surface area contributed by atoms with Crippen LogP contribution in [0.1, 0.15) is 19.7 Å². The van der Waals surface area contributed by atoms with Gasteiger partial charge in [0.1, 0.15) is 12.1 Å². The van der Waals surface area contributed by atoms with Crippen molar-refractivity contribution in [3.05, 3.63) is 28.4 Å². The third-order valence-electron chi connectivity index (χ3n) is 2.48. The van der Waals surface area contributed by atoms with E-state index in [9.17, 15) is 9.59 Å². The van der Waals surface area contributed by atoms with Crippen molar-refractivity contribution in [1.82, 2.24) is 19.4 Å². The maximum absolute atomic E-state index is 12.0. The van der Waals surface area contributed by atoms with Crippen molar-refractivity contribution in [2.75, 3.05) is 6.61 Å². The number of nitrogens with zero attached hydrogens (tertiary/aromatic N) is 4. The van der Waals surface area contributed by atoms with Gasteiger partial charge >= 0.3 is 5.97 Å². The van der Waals surface area contributed by atoms with Gasteiger partial charge in [-0.2, -0.15) is 10.2 Å². The fraction of sp³-hybridized carbons (Fsp3) is 0.455. The lowest BCUT2D eigenvalue weighted by atomic mass is 10.4. The summed E-state index contributed by atoms with van der Waals surface area (Å²) in [5, 5.41) is 8.15. The topological polar surface area (TPSA) is 78.5 Å². The van der Waals surface area contributed by atoms with E-state index in [1.165, 1.54) is 10.7 Å². The molecule has 7 nitrogen and oxygen atoms in total. The second-order valence-corrected chi connectivity index (χ2v) is 3.67. The van der Waals surface area contributed by atoms with E-state index in [2.05, 4.69) is 10.2 Å². The predicted molar refractivity (Wildman–Crippen MR) is 63.3 cm³/mol. The Kier molecular flexibility index (Phi) is 3.40. The maximum atomic E-state index is 12.0. The zero-order chi connectivity index (χ0) is 13.1. The van der Waals surface area contributed by atoms with Crippen LogP contribution in [0.3, 0.4) is 0 Å². The number of fused-ring (bicyclic) bond motifs is 1. The standard InChI is InChI=1S/C11H14N4O3/c1-3-9-13-14(7-10(16)18-4-2)11(17)8-5-6-12-15(8)9/h5-6H,3-4,7H2,1-2H3. The summed E-state index contributed by atoms with van der Waals surface area (Å²) in [6.07, 6.45) is 2.15. The van der Waals surface area contributed by atoms with Gasteiger partial charge in [-0.15, -0.1) is 0 Å². The molecule has 96 valence electrons. The van der Waals surface area contributed by atoms with Crippen LogP contribution in [0, 0.1) is 0 Å². The summed E-state index contributed by atoms with van der Waals surface area (Å²) >= 11 is 0. The summed E-state index contributed by atoms with van der Waals surface area (Å²) in [6.45, 7) is 3.72. The van der Waals surface area contributed by atoms with Gasteiger partial charge in [0, 0.05) is 6.42 Å². The summed E-state index contributed by atoms with van der Waals surface area (Å²) in [7, 11) is 0. The number of aromatic nitrogens is 4. The Labute approximate surface area is 103 Å². The number of carbonyl (C=O) groups excluding carboxylic acids is 1. The number of hydrogen-bond acceptors (Lipinski definition) is 5. The van der Waals surface area contributed by atoms with Gasteiger partial charge in [0.15, 0.2) is 5.82 Å². The number of ether oxygens (including phenoxy) is 1. The van der Waals surface area contributed by atoms with Crippen LogP contribution in [0.25, 0.3) is 5.52 Å². The van der Waals surface area contributed by atoms with Gasteiger partial charge < -0.3 is 4.74 Å². The van der Waals surface area contributed by atoms with Crippen molar-refractivity contribution in [2.45, 2.75) is 26.8 Å². The highest BCUT2D eigenvalue weighted by molar-refractivity contribution is 5.69. The molecule has 0 aliphatic rings. The van der Waals surface area contributed by atoms with E-state index >= 15 is 0 Å². The van der Waals surface area contributed by atoms with E-state index in [0.717, 1.165) is 4.68 Å². The predicted octanol–water partition coefficient (Wildman–Crippen LogP) is 0.0165. The van der Waals surface area contributed by atoms with Crippen molar-refractivity contribution in [2.24, 2.45) is 0 Å². The molecule has 2 rings (SSSR count). The third-order valence-corrected chi connectivity index (χ3v) is 2.48. The molecule has 0 aliphatic carbocycles. The van der Waals surface area contributed by atoms with Crippen molar-refractivity contribution in [1.29, 1.82) is 0 Å². The molecule has 0 bridgehead atoms. The maximum Gasteiger partial charge on any atom is 0.327 e. The highest BCUT2D eigenvalue weighted by atomic mass is 16.5. The van der Waals surface area contributed by atoms with Crippen LogP contribution in [0.5, 0.6) is 0 Å². The Bertz CT molecular complexity index is 629. The molecule has 0 fully saturated rings. The number of aryl methyl sites for hydroxylation is 1. The van der Waals surface area contributed by atoms with Crippen molar-refractivity contribution >= 4 is 11.5 Å². The number of hydrogen-bond donors (Lipinski definition) is 0. The Balaban J connectivity index is 2.47. The van der Waals surface area contributed by atoms with Gasteiger partial charge in [0.25, 0.3) is 5.56 Å². The Morgan fingerprint density at radius 2 is 2.22 bits per heavy atom. The molecule has 0 spiro atoms. The lowest BCUT2D eigenvalue weighted by Crippen LogP contribution is -2.30. The molecule has 0 N–H and O–H groups in total.